The summed E-state index contributed by atoms with van der Waals surface area (Å²) in [7, 11) is 0. The first-order valence-corrected chi connectivity index (χ1v) is 5.55. The van der Waals surface area contributed by atoms with E-state index in [1.54, 1.807) is 0 Å². The van der Waals surface area contributed by atoms with E-state index in [0.717, 1.165) is 0 Å². The summed E-state index contributed by atoms with van der Waals surface area (Å²) in [4.78, 5) is 0. The molecule has 0 aliphatic carbocycles. The van der Waals surface area contributed by atoms with Gasteiger partial charge in [0.25, 0.3) is 0 Å². The number of nitrogens with zero attached hydrogens (tertiary/aromatic N) is 2. The van der Waals surface area contributed by atoms with Crippen LogP contribution in [0.5, 0.6) is 0 Å². The molecule has 0 bridgehead atoms. The van der Waals surface area contributed by atoms with Gasteiger partial charge in [-0.1, -0.05) is 0 Å². The van der Waals surface area contributed by atoms with E-state index in [-0.39, 0.29) is 17.9 Å². The Kier molecular flexibility index (Phi) is 0.961. The van der Waals surface area contributed by atoms with Gasteiger partial charge in [0.2, 0.25) is 0 Å². The van der Waals surface area contributed by atoms with E-state index in [2.05, 4.69) is 7.21 Å². The van der Waals surface area contributed by atoms with E-state index in [1.807, 2.05) is 0 Å². The van der Waals surface area contributed by atoms with E-state index < -0.39 is 0 Å². The van der Waals surface area contributed by atoms with Gasteiger partial charge in [0.05, 0.1) is 0 Å². The number of hydrogen-bond donors (Lipinski definition) is 0. The fourth-order valence-corrected chi connectivity index (χ4v) is 3.67. The summed E-state index contributed by atoms with van der Waals surface area (Å²) in [5, 5.41) is 0. The van der Waals surface area contributed by atoms with Crippen LogP contribution >= 0.6 is 0 Å². The van der Waals surface area contributed by atoms with Crippen LogP contribution in [0, 0.1) is 0 Å². The van der Waals surface area contributed by atoms with Crippen LogP contribution in [0.2, 0.25) is 0 Å². The summed E-state index contributed by atoms with van der Waals surface area (Å²) < 4.78 is 5.25. The van der Waals surface area contributed by atoms with Crippen LogP contribution in [0.1, 0.15) is 0 Å². The Hall–Kier alpha value is 0.556. The third-order valence-electron chi connectivity index (χ3n) is 1.48. The predicted molar refractivity (Wildman–Crippen MR) is 30.3 cm³/mol. The van der Waals surface area contributed by atoms with Crippen molar-refractivity contribution >= 4 is 17.9 Å². The van der Waals surface area contributed by atoms with Crippen molar-refractivity contribution in [3.05, 3.63) is 0 Å². The predicted octanol–water partition coefficient (Wildman–Crippen LogP) is -1.12. The van der Waals surface area contributed by atoms with E-state index in [4.69, 9.17) is 0 Å². The van der Waals surface area contributed by atoms with Crippen molar-refractivity contribution in [2.24, 2.45) is 0 Å². The van der Waals surface area contributed by atoms with Gasteiger partial charge < -0.3 is 0 Å². The summed E-state index contributed by atoms with van der Waals surface area (Å²) in [5.41, 5.74) is 0. The SMILES string of the molecule is C1C[N]1[GaH][N]1CC1. The van der Waals surface area contributed by atoms with Gasteiger partial charge >= 0.3 is 51.3 Å². The van der Waals surface area contributed by atoms with Crippen LogP contribution in [-0.4, -0.2) is 51.3 Å². The monoisotopic (exact) mass is 154 g/mol. The molecule has 0 spiro atoms. The van der Waals surface area contributed by atoms with Crippen molar-refractivity contribution in [1.29, 1.82) is 0 Å². The molecule has 0 aromatic heterocycles. The van der Waals surface area contributed by atoms with Crippen LogP contribution in [0.3, 0.4) is 0 Å². The molecular formula is C4H9GaN2. The van der Waals surface area contributed by atoms with Crippen LogP contribution in [0.4, 0.5) is 0 Å². The molecular weight excluding hydrogens is 146 g/mol. The topological polar surface area (TPSA) is 6.02 Å². The van der Waals surface area contributed by atoms with Gasteiger partial charge in [0, 0.05) is 0 Å². The van der Waals surface area contributed by atoms with Crippen molar-refractivity contribution in [2.75, 3.05) is 26.2 Å². The maximum absolute atomic E-state index is 2.62. The molecule has 2 fully saturated rings. The van der Waals surface area contributed by atoms with E-state index in [0.29, 0.717) is 0 Å². The van der Waals surface area contributed by atoms with Crippen LogP contribution in [0.25, 0.3) is 0 Å². The second-order valence-corrected chi connectivity index (χ2v) is 6.72. The van der Waals surface area contributed by atoms with Gasteiger partial charge in [0.15, 0.2) is 0 Å². The minimum absolute atomic E-state index is 0.208. The summed E-state index contributed by atoms with van der Waals surface area (Å²) in [6, 6.07) is 0. The molecule has 0 N–H and O–H groups in total. The van der Waals surface area contributed by atoms with E-state index in [9.17, 15) is 0 Å². The molecule has 0 radical (unpaired) electrons. The standard InChI is InChI=1S/2C2H4N.Ga.H/c2*1-2-3-1;;/h2*1-2H2;;/q2*-1;+2;. The molecule has 2 heterocycles. The molecule has 2 rings (SSSR count). The molecule has 2 saturated heterocycles. The molecule has 0 saturated carbocycles. The average molecular weight is 155 g/mol. The second-order valence-electron chi connectivity index (χ2n) is 2.38. The zero-order valence-electron chi connectivity index (χ0n) is 4.43. The Morgan fingerprint density at radius 2 is 1.29 bits per heavy atom. The molecule has 2 nitrogen and oxygen atoms in total. The molecule has 0 aromatic rings. The van der Waals surface area contributed by atoms with Gasteiger partial charge in [-0.05, 0) is 0 Å². The first-order chi connectivity index (χ1) is 3.45. The quantitative estimate of drug-likeness (QED) is 0.368. The molecule has 38 valence electrons. The van der Waals surface area contributed by atoms with E-state index >= 15 is 0 Å². The van der Waals surface area contributed by atoms with Crippen molar-refractivity contribution in [1.82, 2.24) is 7.21 Å². The van der Waals surface area contributed by atoms with Crippen molar-refractivity contribution in [2.45, 2.75) is 0 Å². The molecule has 0 unspecified atom stereocenters. The Morgan fingerprint density at radius 3 is 1.57 bits per heavy atom. The molecule has 0 atom stereocenters. The Morgan fingerprint density at radius 1 is 0.857 bits per heavy atom. The summed E-state index contributed by atoms with van der Waals surface area (Å²) >= 11 is -0.208. The fraction of sp³-hybridized carbons (Fsp3) is 1.00. The number of hydrogen-bond acceptors (Lipinski definition) is 2. The van der Waals surface area contributed by atoms with Gasteiger partial charge in [-0.15, -0.1) is 0 Å². The fourth-order valence-electron chi connectivity index (χ4n) is 0.707. The molecule has 3 heteroatoms. The number of rotatable bonds is 2. The summed E-state index contributed by atoms with van der Waals surface area (Å²) in [6.07, 6.45) is 0. The van der Waals surface area contributed by atoms with Crippen molar-refractivity contribution in [3.8, 4) is 0 Å². The van der Waals surface area contributed by atoms with Crippen molar-refractivity contribution < 1.29 is 0 Å². The Balaban J connectivity index is 1.69. The molecule has 0 aromatic carbocycles. The van der Waals surface area contributed by atoms with Crippen LogP contribution in [-0.2, 0) is 0 Å². The van der Waals surface area contributed by atoms with Crippen LogP contribution in [0.15, 0.2) is 0 Å². The first kappa shape index (κ1) is 4.44. The van der Waals surface area contributed by atoms with Gasteiger partial charge in [-0.25, -0.2) is 0 Å². The third-order valence-corrected chi connectivity index (χ3v) is 5.81. The first-order valence-electron chi connectivity index (χ1n) is 2.90. The van der Waals surface area contributed by atoms with Gasteiger partial charge in [-0.3, -0.25) is 0 Å². The van der Waals surface area contributed by atoms with Gasteiger partial charge in [-0.2, -0.15) is 0 Å². The zero-order valence-corrected chi connectivity index (χ0v) is 7.40. The normalized spacial score (nSPS) is 30.3. The maximum atomic E-state index is 2.62. The average Bonchev–Trinajstić information content (AvgIpc) is 2.33. The Labute approximate surface area is 51.8 Å². The minimum atomic E-state index is -0.208. The second kappa shape index (κ2) is 1.52. The van der Waals surface area contributed by atoms with Gasteiger partial charge in [0.1, 0.15) is 0 Å². The summed E-state index contributed by atoms with van der Waals surface area (Å²) in [5.74, 6) is 0. The third kappa shape index (κ3) is 1.22. The molecule has 2 aliphatic rings. The molecule has 0 amide bonds. The Bertz CT molecular complexity index is 67.8. The van der Waals surface area contributed by atoms with E-state index in [1.165, 1.54) is 26.2 Å². The van der Waals surface area contributed by atoms with Crippen molar-refractivity contribution in [3.63, 3.8) is 0 Å². The van der Waals surface area contributed by atoms with Crippen LogP contribution < -0.4 is 0 Å². The molecule has 7 heavy (non-hydrogen) atoms. The molecule has 2 aliphatic heterocycles. The zero-order chi connectivity index (χ0) is 4.69. The summed E-state index contributed by atoms with van der Waals surface area (Å²) in [6.45, 7) is 5.71.